The number of benzene rings is 1. The van der Waals surface area contributed by atoms with Crippen LogP contribution < -0.4 is 0 Å². The number of nitriles is 1. The van der Waals surface area contributed by atoms with Gasteiger partial charge >= 0.3 is 0 Å². The van der Waals surface area contributed by atoms with Gasteiger partial charge in [0, 0.05) is 30.4 Å². The van der Waals surface area contributed by atoms with Gasteiger partial charge in [0.05, 0.1) is 21.7 Å². The quantitative estimate of drug-likeness (QED) is 0.447. The average Bonchev–Trinajstić information content (AvgIpc) is 3.27. The molecule has 0 saturated carbocycles. The molecule has 28 heavy (non-hydrogen) atoms. The maximum Gasteiger partial charge on any atom is 0.278 e. The smallest absolute Gasteiger partial charge is 0.278 e. The van der Waals surface area contributed by atoms with Gasteiger partial charge < -0.3 is 8.92 Å². The number of nitrogens with zero attached hydrogens (tertiary/aromatic N) is 5. The molecule has 0 N–H and O–H groups in total. The van der Waals surface area contributed by atoms with Crippen molar-refractivity contribution in [3.63, 3.8) is 0 Å². The van der Waals surface area contributed by atoms with Gasteiger partial charge in [0.15, 0.2) is 5.65 Å². The molecule has 3 heterocycles. The Morgan fingerprint density at radius 3 is 2.61 bits per heavy atom. The maximum atomic E-state index is 13.6. The van der Waals surface area contributed by atoms with Crippen molar-refractivity contribution in [2.75, 3.05) is 0 Å². The van der Waals surface area contributed by atoms with Crippen molar-refractivity contribution in [1.29, 1.82) is 5.26 Å². The van der Waals surface area contributed by atoms with E-state index in [9.17, 15) is 8.78 Å². The van der Waals surface area contributed by atoms with Gasteiger partial charge in [0.25, 0.3) is 11.8 Å². The number of rotatable bonds is 3. The summed E-state index contributed by atoms with van der Waals surface area (Å²) in [5, 5.41) is 13.1. The predicted molar refractivity (Wildman–Crippen MR) is 98.2 cm³/mol. The Balaban J connectivity index is 1.76. The van der Waals surface area contributed by atoms with Gasteiger partial charge in [-0.3, -0.25) is 0 Å². The summed E-state index contributed by atoms with van der Waals surface area (Å²) in [5.74, 6) is -2.78. The van der Waals surface area contributed by atoms with E-state index >= 15 is 0 Å². The van der Waals surface area contributed by atoms with Crippen LogP contribution in [0, 0.1) is 11.3 Å². The Bertz CT molecular complexity index is 1250. The van der Waals surface area contributed by atoms with Crippen LogP contribution in [-0.2, 0) is 5.92 Å². The Labute approximate surface area is 166 Å². The van der Waals surface area contributed by atoms with E-state index in [-0.39, 0.29) is 33.6 Å². The second kappa shape index (κ2) is 6.55. The lowest BCUT2D eigenvalue weighted by molar-refractivity contribution is 0.0170. The van der Waals surface area contributed by atoms with Crippen molar-refractivity contribution >= 4 is 28.8 Å². The van der Waals surface area contributed by atoms with Crippen molar-refractivity contribution in [1.82, 2.24) is 19.5 Å². The van der Waals surface area contributed by atoms with Crippen LogP contribution >= 0.6 is 23.2 Å². The topological polar surface area (TPSA) is 80.0 Å². The first-order valence-corrected chi connectivity index (χ1v) is 8.62. The molecule has 3 aromatic heterocycles. The summed E-state index contributed by atoms with van der Waals surface area (Å²) < 4.78 is 33.8. The number of aromatic nitrogens is 4. The minimum atomic E-state index is -3.05. The summed E-state index contributed by atoms with van der Waals surface area (Å²) in [5.41, 5.74) is 1.17. The number of pyridine rings is 1. The highest BCUT2D eigenvalue weighted by molar-refractivity contribution is 6.33. The van der Waals surface area contributed by atoms with Gasteiger partial charge in [0.2, 0.25) is 5.82 Å². The molecule has 0 aliphatic rings. The summed E-state index contributed by atoms with van der Waals surface area (Å²) in [7, 11) is 0. The third-order valence-electron chi connectivity index (χ3n) is 4.00. The molecule has 0 aliphatic carbocycles. The van der Waals surface area contributed by atoms with Gasteiger partial charge in [-0.1, -0.05) is 28.4 Å². The van der Waals surface area contributed by atoms with E-state index in [2.05, 4.69) is 15.1 Å². The van der Waals surface area contributed by atoms with E-state index in [0.717, 1.165) is 6.92 Å². The zero-order valence-electron chi connectivity index (χ0n) is 14.1. The third-order valence-corrected chi connectivity index (χ3v) is 4.59. The van der Waals surface area contributed by atoms with Crippen LogP contribution in [-0.4, -0.2) is 19.5 Å². The van der Waals surface area contributed by atoms with Gasteiger partial charge in [0.1, 0.15) is 5.69 Å². The Hall–Kier alpha value is -3.02. The molecule has 6 nitrogen and oxygen atoms in total. The van der Waals surface area contributed by atoms with Crippen LogP contribution in [0.25, 0.3) is 28.6 Å². The molecule has 4 rings (SSSR count). The molecule has 0 aliphatic heterocycles. The summed E-state index contributed by atoms with van der Waals surface area (Å²) in [6, 6.07) is 7.83. The number of alkyl halides is 2. The first-order valence-electron chi connectivity index (χ1n) is 7.87. The van der Waals surface area contributed by atoms with E-state index in [0.29, 0.717) is 16.1 Å². The molecule has 0 atom stereocenters. The van der Waals surface area contributed by atoms with Crippen LogP contribution in [0.2, 0.25) is 10.0 Å². The van der Waals surface area contributed by atoms with E-state index in [1.165, 1.54) is 28.9 Å². The van der Waals surface area contributed by atoms with Gasteiger partial charge in [-0.15, -0.1) is 0 Å². The Morgan fingerprint density at radius 1 is 1.14 bits per heavy atom. The SMILES string of the molecule is CC(F)(F)c1cc(Cl)c2nc(-c3nc(-c4ccc(C#N)cc4Cl)no3)cn2c1. The van der Waals surface area contributed by atoms with Crippen molar-refractivity contribution in [3.8, 4) is 29.0 Å². The predicted octanol–water partition coefficient (Wildman–Crippen LogP) is 5.34. The molecule has 0 bridgehead atoms. The molecule has 0 unspecified atom stereocenters. The largest absolute Gasteiger partial charge is 0.332 e. The number of fused-ring (bicyclic) bond motifs is 1. The normalized spacial score (nSPS) is 11.7. The minimum Gasteiger partial charge on any atom is -0.332 e. The number of halogens is 4. The van der Waals surface area contributed by atoms with E-state index in [4.69, 9.17) is 33.0 Å². The molecular formula is C18H9Cl2F2N5O. The zero-order valence-corrected chi connectivity index (χ0v) is 15.6. The highest BCUT2D eigenvalue weighted by Crippen LogP contribution is 2.32. The van der Waals surface area contributed by atoms with Crippen LogP contribution in [0.5, 0.6) is 0 Å². The van der Waals surface area contributed by atoms with Crippen LogP contribution in [0.3, 0.4) is 0 Å². The highest BCUT2D eigenvalue weighted by atomic mass is 35.5. The monoisotopic (exact) mass is 419 g/mol. The molecule has 0 fully saturated rings. The Kier molecular flexibility index (Phi) is 4.29. The lowest BCUT2D eigenvalue weighted by Crippen LogP contribution is -2.08. The third kappa shape index (κ3) is 3.19. The van der Waals surface area contributed by atoms with Crippen molar-refractivity contribution in [3.05, 3.63) is 57.8 Å². The van der Waals surface area contributed by atoms with Gasteiger partial charge in [-0.2, -0.15) is 10.2 Å². The minimum absolute atomic E-state index is 0.0694. The second-order valence-electron chi connectivity index (χ2n) is 6.05. The standard InChI is InChI=1S/C18H9Cl2F2N5O/c1-18(21,22)10-5-13(20)16-24-14(8-27(16)7-10)17-25-15(26-28-17)11-3-2-9(6-23)4-12(11)19/h2-5,7-8H,1H3. The number of imidazole rings is 1. The lowest BCUT2D eigenvalue weighted by Gasteiger charge is -2.11. The van der Waals surface area contributed by atoms with Crippen LogP contribution in [0.15, 0.2) is 41.2 Å². The van der Waals surface area contributed by atoms with Crippen LogP contribution in [0.1, 0.15) is 18.1 Å². The van der Waals surface area contributed by atoms with Gasteiger partial charge in [-0.25, -0.2) is 13.8 Å². The molecule has 140 valence electrons. The molecule has 1 aromatic carbocycles. The van der Waals surface area contributed by atoms with E-state index in [1.807, 2.05) is 6.07 Å². The first kappa shape index (κ1) is 18.3. The molecule has 0 saturated heterocycles. The molecule has 0 amide bonds. The Morgan fingerprint density at radius 2 is 1.93 bits per heavy atom. The average molecular weight is 420 g/mol. The summed E-state index contributed by atoms with van der Waals surface area (Å²) in [6.07, 6.45) is 2.71. The molecule has 0 spiro atoms. The summed E-state index contributed by atoms with van der Waals surface area (Å²) >= 11 is 12.3. The van der Waals surface area contributed by atoms with Crippen molar-refractivity contribution in [2.24, 2.45) is 0 Å². The molecule has 4 aromatic rings. The highest BCUT2D eigenvalue weighted by Gasteiger charge is 2.26. The fourth-order valence-electron chi connectivity index (χ4n) is 2.60. The molecular weight excluding hydrogens is 411 g/mol. The van der Waals surface area contributed by atoms with E-state index < -0.39 is 5.92 Å². The van der Waals surface area contributed by atoms with Crippen LogP contribution in [0.4, 0.5) is 8.78 Å². The molecule has 10 heteroatoms. The lowest BCUT2D eigenvalue weighted by atomic mass is 10.1. The zero-order chi connectivity index (χ0) is 20.1. The molecule has 0 radical (unpaired) electrons. The number of hydrogen-bond donors (Lipinski definition) is 0. The maximum absolute atomic E-state index is 13.6. The summed E-state index contributed by atoms with van der Waals surface area (Å²) in [4.78, 5) is 8.53. The summed E-state index contributed by atoms with van der Waals surface area (Å²) in [6.45, 7) is 0.786. The second-order valence-corrected chi connectivity index (χ2v) is 6.87. The van der Waals surface area contributed by atoms with Gasteiger partial charge in [-0.05, 0) is 24.3 Å². The number of hydrogen-bond acceptors (Lipinski definition) is 5. The first-order chi connectivity index (χ1) is 13.3. The van der Waals surface area contributed by atoms with Crippen molar-refractivity contribution in [2.45, 2.75) is 12.8 Å². The van der Waals surface area contributed by atoms with E-state index in [1.54, 1.807) is 12.1 Å². The fourth-order valence-corrected chi connectivity index (χ4v) is 3.13. The fraction of sp³-hybridized carbons (Fsp3) is 0.111. The van der Waals surface area contributed by atoms with Crippen molar-refractivity contribution < 1.29 is 13.3 Å².